The third-order valence-electron chi connectivity index (χ3n) is 2.14. The lowest BCUT2D eigenvalue weighted by molar-refractivity contribution is 0.990. The first kappa shape index (κ1) is 7.23. The molecule has 0 nitrogen and oxygen atoms in total. The molecule has 1 heterocycles. The molecule has 0 fully saturated rings. The maximum atomic E-state index is 3.28. The Kier molecular flexibility index (Phi) is 1.68. The van der Waals surface area contributed by atoms with Gasteiger partial charge in [-0.15, -0.1) is 0 Å². The third-order valence-corrected chi connectivity index (χ3v) is 3.12. The van der Waals surface area contributed by atoms with Gasteiger partial charge in [0.2, 0.25) is 0 Å². The highest BCUT2D eigenvalue weighted by Crippen LogP contribution is 2.51. The van der Waals surface area contributed by atoms with Crippen molar-refractivity contribution in [3.8, 4) is 0 Å². The fraction of sp³-hybridized carbons (Fsp3) is 0.400. The zero-order valence-electron chi connectivity index (χ0n) is 6.90. The van der Waals surface area contributed by atoms with Crippen molar-refractivity contribution in [3.63, 3.8) is 0 Å². The van der Waals surface area contributed by atoms with Gasteiger partial charge in [0.25, 0.3) is 0 Å². The number of fused-ring (bicyclic) bond motifs is 1. The third kappa shape index (κ3) is 1.08. The lowest BCUT2D eigenvalue weighted by Gasteiger charge is -2.01. The highest BCUT2D eigenvalue weighted by atomic mass is 32.2. The Bertz CT molecular complexity index is 289. The molecule has 0 unspecified atom stereocenters. The molecule has 1 radical (unpaired) electrons. The van der Waals surface area contributed by atoms with Gasteiger partial charge in [0.15, 0.2) is 0 Å². The molecule has 0 atom stereocenters. The second kappa shape index (κ2) is 2.56. The topological polar surface area (TPSA) is 0 Å². The van der Waals surface area contributed by atoms with E-state index in [1.165, 1.54) is 21.8 Å². The van der Waals surface area contributed by atoms with Crippen LogP contribution in [0, 0.1) is 6.07 Å². The van der Waals surface area contributed by atoms with Crippen molar-refractivity contribution in [1.29, 1.82) is 0 Å². The molecule has 0 saturated carbocycles. The van der Waals surface area contributed by atoms with Gasteiger partial charge in [-0.25, -0.2) is 0 Å². The minimum atomic E-state index is 1.15. The average molecular weight is 163 g/mol. The molecule has 57 valence electrons. The molecule has 11 heavy (non-hydrogen) atoms. The summed E-state index contributed by atoms with van der Waals surface area (Å²) in [6.07, 6.45) is 2.32. The molecular formula is C10H11S. The highest BCUT2D eigenvalue weighted by Gasteiger charge is 2.23. The Morgan fingerprint density at radius 2 is 2.18 bits per heavy atom. The van der Waals surface area contributed by atoms with Crippen LogP contribution in [-0.2, 0) is 12.8 Å². The fourth-order valence-corrected chi connectivity index (χ4v) is 2.31. The first-order valence-corrected chi connectivity index (χ1v) is 4.92. The van der Waals surface area contributed by atoms with E-state index in [0.29, 0.717) is 0 Å². The molecule has 1 aromatic carbocycles. The average Bonchev–Trinajstić information content (AvgIpc) is 2.80. The molecule has 1 heteroatoms. The molecule has 0 spiro atoms. The molecule has 0 amide bonds. The van der Waals surface area contributed by atoms with Gasteiger partial charge < -0.3 is 0 Å². The Morgan fingerprint density at radius 3 is 2.82 bits per heavy atom. The minimum Gasteiger partial charge on any atom is -0.0867 e. The van der Waals surface area contributed by atoms with Gasteiger partial charge in [0.05, 0.1) is 0 Å². The van der Waals surface area contributed by atoms with Crippen LogP contribution in [0.1, 0.15) is 25.0 Å². The van der Waals surface area contributed by atoms with E-state index in [1.807, 2.05) is 11.8 Å². The molecule has 1 aliphatic heterocycles. The Balaban J connectivity index is 2.49. The minimum absolute atomic E-state index is 1.15. The number of benzene rings is 1. The summed E-state index contributed by atoms with van der Waals surface area (Å²) < 4.78 is 0. The van der Waals surface area contributed by atoms with Crippen molar-refractivity contribution in [2.75, 3.05) is 0 Å². The Morgan fingerprint density at radius 1 is 1.36 bits per heavy atom. The maximum absolute atomic E-state index is 3.28. The number of hydrogen-bond donors (Lipinski definition) is 0. The van der Waals surface area contributed by atoms with E-state index in [1.54, 1.807) is 5.56 Å². The second-order valence-electron chi connectivity index (χ2n) is 2.76. The van der Waals surface area contributed by atoms with E-state index < -0.39 is 0 Å². The van der Waals surface area contributed by atoms with E-state index in [4.69, 9.17) is 0 Å². The lowest BCUT2D eigenvalue weighted by Crippen LogP contribution is -1.88. The molecule has 0 saturated heterocycles. The highest BCUT2D eigenvalue weighted by molar-refractivity contribution is 8.05. The summed E-state index contributed by atoms with van der Waals surface area (Å²) in [4.78, 5) is 2.88. The molecule has 1 aliphatic rings. The molecule has 0 aromatic heterocycles. The SMILES string of the molecule is CCc1c[c]c2c(c1CC)S2. The molecular weight excluding hydrogens is 152 g/mol. The predicted molar refractivity (Wildman–Crippen MR) is 48.2 cm³/mol. The van der Waals surface area contributed by atoms with Gasteiger partial charge in [0.1, 0.15) is 0 Å². The lowest BCUT2D eigenvalue weighted by atomic mass is 10.0. The van der Waals surface area contributed by atoms with Crippen molar-refractivity contribution in [3.05, 3.63) is 23.3 Å². The van der Waals surface area contributed by atoms with Crippen LogP contribution in [0.2, 0.25) is 0 Å². The summed E-state index contributed by atoms with van der Waals surface area (Å²) in [6.45, 7) is 4.44. The predicted octanol–water partition coefficient (Wildman–Crippen LogP) is 3.08. The monoisotopic (exact) mass is 163 g/mol. The van der Waals surface area contributed by atoms with Crippen LogP contribution in [0.15, 0.2) is 15.9 Å². The van der Waals surface area contributed by atoms with E-state index in [2.05, 4.69) is 26.0 Å². The van der Waals surface area contributed by atoms with Gasteiger partial charge in [-0.2, -0.15) is 0 Å². The van der Waals surface area contributed by atoms with Crippen molar-refractivity contribution < 1.29 is 0 Å². The summed E-state index contributed by atoms with van der Waals surface area (Å²) in [5.74, 6) is 0. The maximum Gasteiger partial charge on any atom is 0.0344 e. The van der Waals surface area contributed by atoms with Crippen molar-refractivity contribution in [2.45, 2.75) is 36.5 Å². The van der Waals surface area contributed by atoms with Crippen LogP contribution >= 0.6 is 11.8 Å². The molecule has 2 rings (SSSR count). The van der Waals surface area contributed by atoms with Gasteiger partial charge in [-0.05, 0) is 36.1 Å². The fourth-order valence-electron chi connectivity index (χ4n) is 1.46. The Hall–Kier alpha value is -0.430. The van der Waals surface area contributed by atoms with Gasteiger partial charge in [-0.3, -0.25) is 0 Å². The standard InChI is InChI=1S/C10H11S/c1-3-7-5-6-9-10(11-9)8(7)4-2/h5H,3-4H2,1-2H3. The molecule has 0 bridgehead atoms. The van der Waals surface area contributed by atoms with Gasteiger partial charge in [-0.1, -0.05) is 25.6 Å². The summed E-state index contributed by atoms with van der Waals surface area (Å²) >= 11 is 1.88. The van der Waals surface area contributed by atoms with Crippen molar-refractivity contribution in [2.24, 2.45) is 0 Å². The van der Waals surface area contributed by atoms with Crippen LogP contribution in [0.25, 0.3) is 0 Å². The first-order valence-electron chi connectivity index (χ1n) is 4.11. The number of aryl methyl sites for hydroxylation is 1. The summed E-state index contributed by atoms with van der Waals surface area (Å²) in [6, 6.07) is 5.43. The first-order chi connectivity index (χ1) is 5.36. The summed E-state index contributed by atoms with van der Waals surface area (Å²) in [5, 5.41) is 0. The zero-order chi connectivity index (χ0) is 7.84. The van der Waals surface area contributed by atoms with Crippen LogP contribution in [0.5, 0.6) is 0 Å². The smallest absolute Gasteiger partial charge is 0.0344 e. The largest absolute Gasteiger partial charge is 0.0867 e. The van der Waals surface area contributed by atoms with Crippen LogP contribution in [0.4, 0.5) is 0 Å². The van der Waals surface area contributed by atoms with Crippen LogP contribution in [0.3, 0.4) is 0 Å². The summed E-state index contributed by atoms with van der Waals surface area (Å²) in [7, 11) is 0. The second-order valence-corrected chi connectivity index (χ2v) is 3.78. The molecule has 1 aromatic rings. The van der Waals surface area contributed by atoms with Crippen LogP contribution < -0.4 is 0 Å². The summed E-state index contributed by atoms with van der Waals surface area (Å²) in [5.41, 5.74) is 3.04. The quantitative estimate of drug-likeness (QED) is 0.613. The van der Waals surface area contributed by atoms with Crippen molar-refractivity contribution in [1.82, 2.24) is 0 Å². The number of hydrogen-bond acceptors (Lipinski definition) is 1. The zero-order valence-corrected chi connectivity index (χ0v) is 7.72. The molecule has 0 N–H and O–H groups in total. The molecule has 0 aliphatic carbocycles. The van der Waals surface area contributed by atoms with E-state index >= 15 is 0 Å². The van der Waals surface area contributed by atoms with E-state index in [-0.39, 0.29) is 0 Å². The van der Waals surface area contributed by atoms with Gasteiger partial charge >= 0.3 is 0 Å². The van der Waals surface area contributed by atoms with E-state index in [0.717, 1.165) is 6.42 Å². The van der Waals surface area contributed by atoms with Gasteiger partial charge in [0, 0.05) is 9.79 Å². The Labute approximate surface area is 72.0 Å². The normalized spacial score (nSPS) is 12.9. The number of rotatable bonds is 2. The van der Waals surface area contributed by atoms with Crippen LogP contribution in [-0.4, -0.2) is 0 Å². The van der Waals surface area contributed by atoms with Crippen molar-refractivity contribution >= 4 is 11.8 Å². The van der Waals surface area contributed by atoms with E-state index in [9.17, 15) is 0 Å².